The summed E-state index contributed by atoms with van der Waals surface area (Å²) in [5, 5.41) is 12.8. The first-order chi connectivity index (χ1) is 15.1. The summed E-state index contributed by atoms with van der Waals surface area (Å²) in [5.41, 5.74) is 3.64. The lowest BCUT2D eigenvalue weighted by atomic mass is 9.71. The summed E-state index contributed by atoms with van der Waals surface area (Å²) in [6.07, 6.45) is 0.409. The standard InChI is InChI=1S/C24H21N3O4S/c1-24(2)18-10-14(23(29)26-15-7-8-32(30,31)12-15)4-6-16(18)21(28)20-17-5-3-13(11-25)9-19(17)27-22(20)24/h3-6,9-10,15,27H,7-8,12H2,1-2H3,(H,26,29). The second-order valence-corrected chi connectivity index (χ2v) is 11.3. The zero-order chi connectivity index (χ0) is 22.8. The molecule has 1 saturated heterocycles. The maximum Gasteiger partial charge on any atom is 0.251 e. The summed E-state index contributed by atoms with van der Waals surface area (Å²) in [4.78, 5) is 29.6. The van der Waals surface area contributed by atoms with Crippen LogP contribution in [0, 0.1) is 11.3 Å². The number of aromatic nitrogens is 1. The second-order valence-electron chi connectivity index (χ2n) is 9.04. The highest BCUT2D eigenvalue weighted by Gasteiger charge is 2.40. The van der Waals surface area contributed by atoms with Gasteiger partial charge in [0.05, 0.1) is 28.7 Å². The lowest BCUT2D eigenvalue weighted by molar-refractivity contribution is 0.0939. The Morgan fingerprint density at radius 2 is 2.00 bits per heavy atom. The van der Waals surface area contributed by atoms with Gasteiger partial charge in [0.15, 0.2) is 15.6 Å². The number of hydrogen-bond donors (Lipinski definition) is 2. The van der Waals surface area contributed by atoms with Gasteiger partial charge in [-0.3, -0.25) is 9.59 Å². The van der Waals surface area contributed by atoms with E-state index < -0.39 is 21.3 Å². The van der Waals surface area contributed by atoms with E-state index in [1.54, 1.807) is 36.4 Å². The molecule has 0 spiro atoms. The minimum atomic E-state index is -3.10. The van der Waals surface area contributed by atoms with Gasteiger partial charge in [0.25, 0.3) is 5.91 Å². The Bertz CT molecular complexity index is 1470. The summed E-state index contributed by atoms with van der Waals surface area (Å²) in [5.74, 6) is -0.435. The van der Waals surface area contributed by atoms with Crippen LogP contribution in [0.25, 0.3) is 10.9 Å². The zero-order valence-corrected chi connectivity index (χ0v) is 18.5. The molecule has 0 saturated carbocycles. The molecule has 2 aromatic carbocycles. The second kappa shape index (κ2) is 6.78. The Balaban J connectivity index is 1.55. The van der Waals surface area contributed by atoms with Crippen LogP contribution in [-0.4, -0.2) is 42.6 Å². The maximum absolute atomic E-state index is 13.4. The van der Waals surface area contributed by atoms with Crippen LogP contribution in [0.4, 0.5) is 0 Å². The van der Waals surface area contributed by atoms with Crippen LogP contribution >= 0.6 is 0 Å². The number of fused-ring (bicyclic) bond motifs is 4. The van der Waals surface area contributed by atoms with Gasteiger partial charge in [-0.05, 0) is 42.3 Å². The fourth-order valence-corrected chi connectivity index (χ4v) is 6.49. The van der Waals surface area contributed by atoms with Crippen LogP contribution in [0.3, 0.4) is 0 Å². The number of carbonyl (C=O) groups excluding carboxylic acids is 2. The third-order valence-corrected chi connectivity index (χ3v) is 8.32. The van der Waals surface area contributed by atoms with Gasteiger partial charge in [0.1, 0.15) is 0 Å². The van der Waals surface area contributed by atoms with Crippen molar-refractivity contribution >= 4 is 32.4 Å². The number of rotatable bonds is 2. The molecule has 1 aliphatic heterocycles. The van der Waals surface area contributed by atoms with Gasteiger partial charge in [0.2, 0.25) is 0 Å². The van der Waals surface area contributed by atoms with Gasteiger partial charge in [-0.2, -0.15) is 5.26 Å². The van der Waals surface area contributed by atoms with Crippen LogP contribution in [0.5, 0.6) is 0 Å². The summed E-state index contributed by atoms with van der Waals surface area (Å²) in [7, 11) is -3.10. The molecule has 1 amide bonds. The molecule has 3 aromatic rings. The number of benzene rings is 2. The van der Waals surface area contributed by atoms with Gasteiger partial charge in [-0.1, -0.05) is 19.9 Å². The van der Waals surface area contributed by atoms with E-state index in [-0.39, 0.29) is 23.2 Å². The molecule has 2 heterocycles. The Morgan fingerprint density at radius 1 is 1.22 bits per heavy atom. The van der Waals surface area contributed by atoms with Crippen LogP contribution in [-0.2, 0) is 15.3 Å². The van der Waals surface area contributed by atoms with E-state index in [9.17, 15) is 23.3 Å². The van der Waals surface area contributed by atoms with E-state index >= 15 is 0 Å². The van der Waals surface area contributed by atoms with Crippen molar-refractivity contribution in [2.75, 3.05) is 11.5 Å². The third-order valence-electron chi connectivity index (χ3n) is 6.55. The summed E-state index contributed by atoms with van der Waals surface area (Å²) in [6, 6.07) is 11.9. The number of hydrogen-bond acceptors (Lipinski definition) is 5. The average Bonchev–Trinajstić information content (AvgIpc) is 3.31. The fourth-order valence-electron chi connectivity index (χ4n) is 4.82. The predicted octanol–water partition coefficient (Wildman–Crippen LogP) is 2.83. The monoisotopic (exact) mass is 447 g/mol. The first kappa shape index (κ1) is 20.5. The number of nitriles is 1. The van der Waals surface area contributed by atoms with E-state index in [4.69, 9.17) is 0 Å². The molecule has 1 atom stereocenters. The van der Waals surface area contributed by atoms with Crippen molar-refractivity contribution in [2.24, 2.45) is 0 Å². The average molecular weight is 448 g/mol. The van der Waals surface area contributed by atoms with Crippen molar-refractivity contribution in [3.63, 3.8) is 0 Å². The molecule has 1 aliphatic carbocycles. The maximum atomic E-state index is 13.4. The number of carbonyl (C=O) groups is 2. The first-order valence-corrected chi connectivity index (χ1v) is 12.2. The zero-order valence-electron chi connectivity index (χ0n) is 17.7. The normalized spacial score (nSPS) is 20.4. The number of amides is 1. The topological polar surface area (TPSA) is 120 Å². The van der Waals surface area contributed by atoms with Crippen molar-refractivity contribution in [1.29, 1.82) is 5.26 Å². The predicted molar refractivity (Wildman–Crippen MR) is 120 cm³/mol. The van der Waals surface area contributed by atoms with E-state index in [1.807, 2.05) is 13.8 Å². The van der Waals surface area contributed by atoms with Crippen LogP contribution < -0.4 is 5.32 Å². The minimum Gasteiger partial charge on any atom is -0.357 e. The smallest absolute Gasteiger partial charge is 0.251 e. The molecule has 8 heteroatoms. The molecule has 1 unspecified atom stereocenters. The van der Waals surface area contributed by atoms with Crippen LogP contribution in [0.1, 0.15) is 63.4 Å². The highest BCUT2D eigenvalue weighted by Crippen LogP contribution is 2.44. The summed E-state index contributed by atoms with van der Waals surface area (Å²) in [6.45, 7) is 3.98. The van der Waals surface area contributed by atoms with E-state index in [2.05, 4.69) is 16.4 Å². The van der Waals surface area contributed by atoms with Crippen LogP contribution in [0.15, 0.2) is 36.4 Å². The highest BCUT2D eigenvalue weighted by atomic mass is 32.2. The molecule has 0 radical (unpaired) electrons. The van der Waals surface area contributed by atoms with Crippen molar-refractivity contribution < 1.29 is 18.0 Å². The molecule has 2 aliphatic rings. The fraction of sp³-hybridized carbons (Fsp3) is 0.292. The molecule has 32 heavy (non-hydrogen) atoms. The highest BCUT2D eigenvalue weighted by molar-refractivity contribution is 7.91. The Kier molecular flexibility index (Phi) is 4.33. The molecular formula is C24H21N3O4S. The largest absolute Gasteiger partial charge is 0.357 e. The molecule has 5 rings (SSSR count). The van der Waals surface area contributed by atoms with Gasteiger partial charge in [-0.25, -0.2) is 8.42 Å². The molecular weight excluding hydrogens is 426 g/mol. The summed E-state index contributed by atoms with van der Waals surface area (Å²) >= 11 is 0. The molecule has 7 nitrogen and oxygen atoms in total. The number of ketones is 1. The lowest BCUT2D eigenvalue weighted by Gasteiger charge is -2.32. The summed E-state index contributed by atoms with van der Waals surface area (Å²) < 4.78 is 23.4. The molecule has 2 N–H and O–H groups in total. The van der Waals surface area contributed by atoms with E-state index in [0.29, 0.717) is 28.7 Å². The van der Waals surface area contributed by atoms with E-state index in [0.717, 1.165) is 22.2 Å². The third kappa shape index (κ3) is 3.04. The number of aromatic amines is 1. The Morgan fingerprint density at radius 3 is 2.69 bits per heavy atom. The van der Waals surface area contributed by atoms with Gasteiger partial charge >= 0.3 is 0 Å². The van der Waals surface area contributed by atoms with Gasteiger partial charge < -0.3 is 10.3 Å². The minimum absolute atomic E-state index is 0.0449. The van der Waals surface area contributed by atoms with Crippen molar-refractivity contribution in [1.82, 2.24) is 10.3 Å². The van der Waals surface area contributed by atoms with Gasteiger partial charge in [-0.15, -0.1) is 0 Å². The Hall–Kier alpha value is -3.44. The molecule has 1 aromatic heterocycles. The molecule has 1 fully saturated rings. The van der Waals surface area contributed by atoms with Crippen molar-refractivity contribution in [3.8, 4) is 6.07 Å². The van der Waals surface area contributed by atoms with E-state index in [1.165, 1.54) is 0 Å². The number of sulfone groups is 1. The quantitative estimate of drug-likeness (QED) is 0.626. The van der Waals surface area contributed by atoms with Crippen molar-refractivity contribution in [3.05, 3.63) is 69.9 Å². The Labute approximate surface area is 185 Å². The SMILES string of the molecule is CC1(C)c2cc(C(=O)NC3CCS(=O)(=O)C3)ccc2C(=O)c2c1[nH]c1cc(C#N)ccc21. The molecule has 0 bridgehead atoms. The number of nitrogens with one attached hydrogen (secondary N) is 2. The van der Waals surface area contributed by atoms with Crippen molar-refractivity contribution in [2.45, 2.75) is 31.7 Å². The number of nitrogens with zero attached hydrogens (tertiary/aromatic N) is 1. The van der Waals surface area contributed by atoms with Gasteiger partial charge in [0, 0.05) is 39.2 Å². The molecule has 162 valence electrons. The number of H-pyrrole nitrogens is 1. The first-order valence-electron chi connectivity index (χ1n) is 10.4. The van der Waals surface area contributed by atoms with Crippen LogP contribution in [0.2, 0.25) is 0 Å². The lowest BCUT2D eigenvalue weighted by Crippen LogP contribution is -2.36.